The van der Waals surface area contributed by atoms with E-state index in [-0.39, 0.29) is 5.76 Å². The van der Waals surface area contributed by atoms with Crippen molar-refractivity contribution in [3.8, 4) is 0 Å². The third kappa shape index (κ3) is 5.18. The summed E-state index contributed by atoms with van der Waals surface area (Å²) in [6, 6.07) is 7.88. The quantitative estimate of drug-likeness (QED) is 0.429. The van der Waals surface area contributed by atoms with Crippen molar-refractivity contribution in [1.29, 1.82) is 0 Å². The van der Waals surface area contributed by atoms with E-state index in [9.17, 15) is 14.4 Å². The number of nitrogens with one attached hydrogen (secondary N) is 3. The third-order valence-electron chi connectivity index (χ3n) is 5.19. The molecule has 1 aliphatic rings. The fourth-order valence-corrected chi connectivity index (χ4v) is 4.05. The molecule has 174 valence electrons. The largest absolute Gasteiger partial charge is 0.455 e. The number of furan rings is 1. The van der Waals surface area contributed by atoms with Crippen LogP contribution in [0.3, 0.4) is 0 Å². The Morgan fingerprint density at radius 2 is 1.76 bits per heavy atom. The van der Waals surface area contributed by atoms with Crippen molar-refractivity contribution in [2.24, 2.45) is 5.10 Å². The summed E-state index contributed by atoms with van der Waals surface area (Å²) in [4.78, 5) is 41.3. The third-order valence-corrected chi connectivity index (χ3v) is 5.87. The van der Waals surface area contributed by atoms with E-state index in [4.69, 9.17) is 16.0 Å². The Morgan fingerprint density at radius 1 is 1.03 bits per heavy atom. The molecule has 0 spiro atoms. The summed E-state index contributed by atoms with van der Waals surface area (Å²) in [5.41, 5.74) is 9.84. The van der Waals surface area contributed by atoms with E-state index in [2.05, 4.69) is 42.3 Å². The van der Waals surface area contributed by atoms with Crippen LogP contribution in [0.4, 0.5) is 0 Å². The number of pyridine rings is 1. The zero-order valence-corrected chi connectivity index (χ0v) is 20.3. The number of nitrogens with zero attached hydrogens (tertiary/aromatic N) is 2. The molecule has 3 aromatic rings. The van der Waals surface area contributed by atoms with Crippen LogP contribution in [0.1, 0.15) is 61.0 Å². The number of hydrogen-bond acceptors (Lipinski definition) is 6. The number of amides is 3. The molecule has 0 aliphatic heterocycles. The molecule has 2 heterocycles. The van der Waals surface area contributed by atoms with E-state index in [1.165, 1.54) is 6.20 Å². The summed E-state index contributed by atoms with van der Waals surface area (Å²) in [7, 11) is 0. The average Bonchev–Trinajstić information content (AvgIpc) is 3.18. The molecule has 0 atom stereocenters. The lowest BCUT2D eigenvalue weighted by atomic mass is 9.93. The first-order valence-electron chi connectivity index (χ1n) is 10.3. The molecule has 1 aliphatic carbocycles. The number of hydrazine groups is 1. The summed E-state index contributed by atoms with van der Waals surface area (Å²) >= 11 is 9.11. The highest BCUT2D eigenvalue weighted by Gasteiger charge is 2.28. The van der Waals surface area contributed by atoms with Crippen molar-refractivity contribution in [2.45, 2.75) is 26.2 Å². The molecule has 4 rings (SSSR count). The lowest BCUT2D eigenvalue weighted by Crippen LogP contribution is -2.41. The van der Waals surface area contributed by atoms with Gasteiger partial charge in [0.1, 0.15) is 5.76 Å². The summed E-state index contributed by atoms with van der Waals surface area (Å²) < 4.78 is 6.48. The van der Waals surface area contributed by atoms with E-state index >= 15 is 0 Å². The number of fused-ring (bicyclic) bond motifs is 1. The minimum atomic E-state index is -0.599. The molecule has 2 aromatic heterocycles. The first-order valence-corrected chi connectivity index (χ1v) is 11.5. The summed E-state index contributed by atoms with van der Waals surface area (Å²) in [6.07, 6.45) is 5.01. The van der Waals surface area contributed by atoms with Gasteiger partial charge >= 0.3 is 5.91 Å². The SMILES string of the molecule is Cc1c(C(=O)NNC(=O)c2ccc(Cl)cc2)oc2c1/C(=N/NC(=O)c1cncc(Br)c1)CCC2. The van der Waals surface area contributed by atoms with Crippen molar-refractivity contribution in [3.05, 3.63) is 86.0 Å². The van der Waals surface area contributed by atoms with Crippen LogP contribution in [-0.4, -0.2) is 28.4 Å². The highest BCUT2D eigenvalue weighted by atomic mass is 79.9. The summed E-state index contributed by atoms with van der Waals surface area (Å²) in [6.45, 7) is 1.74. The van der Waals surface area contributed by atoms with Crippen LogP contribution in [0.15, 0.2) is 56.7 Å². The van der Waals surface area contributed by atoms with Gasteiger partial charge in [0.25, 0.3) is 11.8 Å². The van der Waals surface area contributed by atoms with E-state index in [0.717, 1.165) is 6.42 Å². The molecule has 0 bridgehead atoms. The molecule has 11 heteroatoms. The van der Waals surface area contributed by atoms with Crippen LogP contribution in [0.25, 0.3) is 0 Å². The van der Waals surface area contributed by atoms with Crippen molar-refractivity contribution < 1.29 is 18.8 Å². The van der Waals surface area contributed by atoms with Crippen LogP contribution < -0.4 is 16.3 Å². The first kappa shape index (κ1) is 23.7. The molecular weight excluding hydrogens is 526 g/mol. The van der Waals surface area contributed by atoms with Gasteiger partial charge < -0.3 is 4.42 Å². The molecular formula is C23H19BrClN5O4. The highest BCUT2D eigenvalue weighted by Crippen LogP contribution is 2.29. The molecule has 0 fully saturated rings. The number of hydrazone groups is 1. The van der Waals surface area contributed by atoms with Gasteiger partial charge in [0.15, 0.2) is 5.76 Å². The number of rotatable bonds is 4. The van der Waals surface area contributed by atoms with E-state index in [0.29, 0.717) is 56.1 Å². The predicted octanol–water partition coefficient (Wildman–Crippen LogP) is 3.94. The van der Waals surface area contributed by atoms with Gasteiger partial charge in [-0.15, -0.1) is 0 Å². The van der Waals surface area contributed by atoms with Crippen LogP contribution in [-0.2, 0) is 6.42 Å². The van der Waals surface area contributed by atoms with Crippen LogP contribution in [0.5, 0.6) is 0 Å². The van der Waals surface area contributed by atoms with E-state index in [1.807, 2.05) is 0 Å². The van der Waals surface area contributed by atoms with Crippen molar-refractivity contribution in [1.82, 2.24) is 21.3 Å². The average molecular weight is 545 g/mol. The maximum atomic E-state index is 12.7. The molecule has 9 nitrogen and oxygen atoms in total. The molecule has 0 saturated heterocycles. The second kappa shape index (κ2) is 10.2. The van der Waals surface area contributed by atoms with Gasteiger partial charge in [0.05, 0.1) is 11.3 Å². The van der Waals surface area contributed by atoms with Crippen LogP contribution in [0.2, 0.25) is 5.02 Å². The molecule has 1 aromatic carbocycles. The van der Waals surface area contributed by atoms with E-state index < -0.39 is 17.7 Å². The van der Waals surface area contributed by atoms with Gasteiger partial charge in [-0.1, -0.05) is 11.6 Å². The number of benzene rings is 1. The number of aryl methyl sites for hydroxylation is 1. The fraction of sp³-hybridized carbons (Fsp3) is 0.174. The number of hydrogen-bond donors (Lipinski definition) is 3. The summed E-state index contributed by atoms with van der Waals surface area (Å²) in [5, 5.41) is 4.79. The lowest BCUT2D eigenvalue weighted by molar-refractivity contribution is 0.0829. The lowest BCUT2D eigenvalue weighted by Gasteiger charge is -2.13. The molecule has 0 saturated carbocycles. The smallest absolute Gasteiger partial charge is 0.305 e. The number of carbonyl (C=O) groups is 3. The Balaban J connectivity index is 1.48. The minimum Gasteiger partial charge on any atom is -0.455 e. The molecule has 0 radical (unpaired) electrons. The maximum Gasteiger partial charge on any atom is 0.305 e. The van der Waals surface area contributed by atoms with Crippen molar-refractivity contribution in [3.63, 3.8) is 0 Å². The van der Waals surface area contributed by atoms with Gasteiger partial charge in [-0.2, -0.15) is 5.10 Å². The number of carbonyl (C=O) groups excluding carboxylic acids is 3. The molecule has 0 unspecified atom stereocenters. The molecule has 34 heavy (non-hydrogen) atoms. The van der Waals surface area contributed by atoms with E-state index in [1.54, 1.807) is 43.5 Å². The van der Waals surface area contributed by atoms with Crippen molar-refractivity contribution >= 4 is 51.0 Å². The minimum absolute atomic E-state index is 0.0681. The Morgan fingerprint density at radius 3 is 2.50 bits per heavy atom. The Hall–Kier alpha value is -3.50. The van der Waals surface area contributed by atoms with Gasteiger partial charge in [0, 0.05) is 45.0 Å². The standard InChI is InChI=1S/C23H19BrClN5O4/c1-12-19-17(27-28-22(32)14-9-15(24)11-26-10-14)3-2-4-18(19)34-20(12)23(33)30-29-21(31)13-5-7-16(25)8-6-13/h5-11H,2-4H2,1H3,(H,28,32)(H,29,31)(H,30,33)/b27-17+. The highest BCUT2D eigenvalue weighted by molar-refractivity contribution is 9.10. The fourth-order valence-electron chi connectivity index (χ4n) is 3.56. The Bertz CT molecular complexity index is 1300. The van der Waals surface area contributed by atoms with Gasteiger partial charge in [-0.25, -0.2) is 5.43 Å². The van der Waals surface area contributed by atoms with Gasteiger partial charge in [-0.05, 0) is 66.0 Å². The summed E-state index contributed by atoms with van der Waals surface area (Å²) in [5.74, 6) is -0.824. The van der Waals surface area contributed by atoms with Crippen LogP contribution >= 0.6 is 27.5 Å². The zero-order valence-electron chi connectivity index (χ0n) is 17.9. The monoisotopic (exact) mass is 543 g/mol. The second-order valence-electron chi connectivity index (χ2n) is 7.51. The predicted molar refractivity (Wildman–Crippen MR) is 129 cm³/mol. The molecule has 3 amide bonds. The van der Waals surface area contributed by atoms with Crippen molar-refractivity contribution in [2.75, 3.05) is 0 Å². The van der Waals surface area contributed by atoms with Gasteiger partial charge in [-0.3, -0.25) is 30.2 Å². The van der Waals surface area contributed by atoms with Gasteiger partial charge in [0.2, 0.25) is 0 Å². The Labute approximate surface area is 208 Å². The Kier molecular flexibility index (Phi) is 7.09. The molecule has 3 N–H and O–H groups in total. The topological polar surface area (TPSA) is 126 Å². The second-order valence-corrected chi connectivity index (χ2v) is 8.87. The number of aromatic nitrogens is 1. The maximum absolute atomic E-state index is 12.7. The number of halogens is 2. The van der Waals surface area contributed by atoms with Crippen LogP contribution in [0, 0.1) is 6.92 Å². The normalized spacial score (nSPS) is 13.8. The first-order chi connectivity index (χ1) is 16.3. The zero-order chi connectivity index (χ0) is 24.2.